The lowest BCUT2D eigenvalue weighted by molar-refractivity contribution is -0.133. The number of hydrogen-bond donors (Lipinski definition) is 0. The maximum absolute atomic E-state index is 12.1. The molecule has 0 unspecified atom stereocenters. The Morgan fingerprint density at radius 1 is 1.08 bits per heavy atom. The minimum absolute atomic E-state index is 0.323. The fourth-order valence-electron chi connectivity index (χ4n) is 2.55. The van der Waals surface area contributed by atoms with Crippen LogP contribution in [0.4, 0.5) is 0 Å². The highest BCUT2D eigenvalue weighted by atomic mass is 79.9. The lowest BCUT2D eigenvalue weighted by Gasteiger charge is -2.07. The van der Waals surface area contributed by atoms with Gasteiger partial charge in [-0.05, 0) is 48.0 Å². The van der Waals surface area contributed by atoms with Crippen LogP contribution in [-0.4, -0.2) is 20.2 Å². The summed E-state index contributed by atoms with van der Waals surface area (Å²) in [6.45, 7) is 0. The number of ether oxygens (including phenoxy) is 3. The number of hydrogen-bond acceptors (Lipinski definition) is 4. The van der Waals surface area contributed by atoms with Crippen molar-refractivity contribution in [3.8, 4) is 11.5 Å². The Labute approximate surface area is 154 Å². The predicted octanol–water partition coefficient (Wildman–Crippen LogP) is 4.53. The van der Waals surface area contributed by atoms with Gasteiger partial charge in [-0.2, -0.15) is 0 Å². The van der Waals surface area contributed by atoms with Crippen LogP contribution in [-0.2, 0) is 16.0 Å². The molecule has 1 aliphatic rings. The Bertz CT molecular complexity index is 850. The molecule has 1 heterocycles. The van der Waals surface area contributed by atoms with E-state index in [2.05, 4.69) is 15.9 Å². The number of carbonyl (C=O) groups excluding carboxylic acids is 1. The van der Waals surface area contributed by atoms with Gasteiger partial charge < -0.3 is 14.2 Å². The van der Waals surface area contributed by atoms with Crippen LogP contribution < -0.4 is 9.47 Å². The van der Waals surface area contributed by atoms with Gasteiger partial charge in [0.15, 0.2) is 0 Å². The van der Waals surface area contributed by atoms with Crippen molar-refractivity contribution in [3.05, 3.63) is 75.5 Å². The Morgan fingerprint density at radius 3 is 2.52 bits per heavy atom. The van der Waals surface area contributed by atoms with E-state index < -0.39 is 0 Å². The fraction of sp³-hybridized carbons (Fsp3) is 0.150. The fourth-order valence-corrected chi connectivity index (χ4v) is 2.82. The van der Waals surface area contributed by atoms with Crippen LogP contribution in [0.1, 0.15) is 11.1 Å². The predicted molar refractivity (Wildman–Crippen MR) is 99.5 cm³/mol. The molecule has 25 heavy (non-hydrogen) atoms. The number of esters is 1. The topological polar surface area (TPSA) is 44.8 Å². The molecule has 0 saturated carbocycles. The van der Waals surface area contributed by atoms with E-state index in [0.29, 0.717) is 29.3 Å². The third-order valence-electron chi connectivity index (χ3n) is 3.83. The number of benzene rings is 2. The van der Waals surface area contributed by atoms with Gasteiger partial charge in [0.1, 0.15) is 17.3 Å². The minimum atomic E-state index is -0.323. The summed E-state index contributed by atoms with van der Waals surface area (Å²) in [6.07, 6.45) is 4.07. The number of methoxy groups -OCH3 is 2. The van der Waals surface area contributed by atoms with Crippen molar-refractivity contribution in [1.82, 2.24) is 0 Å². The SMILES string of the molecule is COc1ccc(OC)c(/C=C2\C=C(Cc3ccc(Br)cc3)C(=O)O2)c1. The molecule has 0 aromatic heterocycles. The maximum atomic E-state index is 12.1. The van der Waals surface area contributed by atoms with E-state index in [9.17, 15) is 4.79 Å². The molecule has 0 bridgehead atoms. The van der Waals surface area contributed by atoms with Gasteiger partial charge in [0, 0.05) is 22.0 Å². The zero-order valence-corrected chi connectivity index (χ0v) is 15.5. The van der Waals surface area contributed by atoms with E-state index >= 15 is 0 Å². The van der Waals surface area contributed by atoms with Gasteiger partial charge in [0.25, 0.3) is 0 Å². The number of cyclic esters (lactones) is 1. The molecule has 0 aliphatic carbocycles. The van der Waals surface area contributed by atoms with Gasteiger partial charge in [-0.15, -0.1) is 0 Å². The van der Waals surface area contributed by atoms with Crippen molar-refractivity contribution in [3.63, 3.8) is 0 Å². The van der Waals surface area contributed by atoms with E-state index in [1.807, 2.05) is 42.5 Å². The maximum Gasteiger partial charge on any atom is 0.339 e. The normalized spacial score (nSPS) is 15.1. The third-order valence-corrected chi connectivity index (χ3v) is 4.36. The average molecular weight is 401 g/mol. The first-order chi connectivity index (χ1) is 12.1. The lowest BCUT2D eigenvalue weighted by atomic mass is 10.1. The largest absolute Gasteiger partial charge is 0.497 e. The highest BCUT2D eigenvalue weighted by Crippen LogP contribution is 2.29. The average Bonchev–Trinajstić information content (AvgIpc) is 2.96. The number of rotatable bonds is 5. The van der Waals surface area contributed by atoms with Gasteiger partial charge in [0.2, 0.25) is 0 Å². The lowest BCUT2D eigenvalue weighted by Crippen LogP contribution is -2.01. The second kappa shape index (κ2) is 7.57. The molecular weight excluding hydrogens is 384 g/mol. The zero-order chi connectivity index (χ0) is 17.8. The van der Waals surface area contributed by atoms with Crippen molar-refractivity contribution in [2.45, 2.75) is 6.42 Å². The summed E-state index contributed by atoms with van der Waals surface area (Å²) in [7, 11) is 3.20. The summed E-state index contributed by atoms with van der Waals surface area (Å²) in [5, 5.41) is 0. The van der Waals surface area contributed by atoms with Crippen molar-refractivity contribution < 1.29 is 19.0 Å². The van der Waals surface area contributed by atoms with Crippen molar-refractivity contribution in [2.75, 3.05) is 14.2 Å². The molecule has 128 valence electrons. The van der Waals surface area contributed by atoms with E-state index in [-0.39, 0.29) is 5.97 Å². The zero-order valence-electron chi connectivity index (χ0n) is 13.9. The Kier molecular flexibility index (Phi) is 5.24. The van der Waals surface area contributed by atoms with Crippen molar-refractivity contribution in [2.24, 2.45) is 0 Å². The molecule has 2 aromatic rings. The van der Waals surface area contributed by atoms with Crippen LogP contribution >= 0.6 is 15.9 Å². The molecule has 4 nitrogen and oxygen atoms in total. The second-order valence-electron chi connectivity index (χ2n) is 5.52. The molecule has 0 radical (unpaired) electrons. The molecule has 3 rings (SSSR count). The summed E-state index contributed by atoms with van der Waals surface area (Å²) in [4.78, 5) is 12.1. The highest BCUT2D eigenvalue weighted by Gasteiger charge is 2.21. The van der Waals surface area contributed by atoms with Crippen LogP contribution in [0.5, 0.6) is 11.5 Å². The van der Waals surface area contributed by atoms with E-state index in [1.54, 1.807) is 26.4 Å². The molecule has 0 N–H and O–H groups in total. The van der Waals surface area contributed by atoms with E-state index in [0.717, 1.165) is 15.6 Å². The van der Waals surface area contributed by atoms with Crippen LogP contribution in [0.25, 0.3) is 6.08 Å². The number of allylic oxidation sites excluding steroid dienone is 1. The van der Waals surface area contributed by atoms with E-state index in [1.165, 1.54) is 0 Å². The van der Waals surface area contributed by atoms with Crippen LogP contribution in [0.15, 0.2) is 64.3 Å². The summed E-state index contributed by atoms with van der Waals surface area (Å²) >= 11 is 3.40. The number of carbonyl (C=O) groups is 1. The monoisotopic (exact) mass is 400 g/mol. The van der Waals surface area contributed by atoms with Gasteiger partial charge in [-0.1, -0.05) is 28.1 Å². The van der Waals surface area contributed by atoms with E-state index in [4.69, 9.17) is 14.2 Å². The molecular formula is C20H17BrO4. The Morgan fingerprint density at radius 2 is 1.84 bits per heavy atom. The molecule has 0 spiro atoms. The van der Waals surface area contributed by atoms with Crippen LogP contribution in [0.3, 0.4) is 0 Å². The standard InChI is InChI=1S/C20H17BrO4/c1-23-17-7-8-19(24-2)14(10-17)11-18-12-15(20(22)25-18)9-13-3-5-16(21)6-4-13/h3-8,10-12H,9H2,1-2H3/b18-11+. The first kappa shape index (κ1) is 17.3. The van der Waals surface area contributed by atoms with Gasteiger partial charge in [-0.3, -0.25) is 0 Å². The van der Waals surface area contributed by atoms with Gasteiger partial charge >= 0.3 is 5.97 Å². The van der Waals surface area contributed by atoms with Crippen LogP contribution in [0.2, 0.25) is 0 Å². The van der Waals surface area contributed by atoms with Crippen molar-refractivity contribution in [1.29, 1.82) is 0 Å². The van der Waals surface area contributed by atoms with Gasteiger partial charge in [-0.25, -0.2) is 4.79 Å². The second-order valence-corrected chi connectivity index (χ2v) is 6.43. The molecule has 1 aliphatic heterocycles. The first-order valence-electron chi connectivity index (χ1n) is 7.70. The quantitative estimate of drug-likeness (QED) is 0.691. The summed E-state index contributed by atoms with van der Waals surface area (Å²) < 4.78 is 17.0. The Balaban J connectivity index is 1.86. The molecule has 0 atom stereocenters. The van der Waals surface area contributed by atoms with Gasteiger partial charge in [0.05, 0.1) is 14.2 Å². The first-order valence-corrected chi connectivity index (χ1v) is 8.49. The molecule has 0 saturated heterocycles. The highest BCUT2D eigenvalue weighted by molar-refractivity contribution is 9.10. The number of halogens is 1. The minimum Gasteiger partial charge on any atom is -0.497 e. The van der Waals surface area contributed by atoms with Crippen LogP contribution in [0, 0.1) is 0 Å². The summed E-state index contributed by atoms with van der Waals surface area (Å²) in [5.74, 6) is 1.55. The Hall–Kier alpha value is -2.53. The summed E-state index contributed by atoms with van der Waals surface area (Å²) in [5.41, 5.74) is 2.45. The third kappa shape index (κ3) is 4.12. The molecule has 0 fully saturated rings. The summed E-state index contributed by atoms with van der Waals surface area (Å²) in [6, 6.07) is 13.3. The smallest absolute Gasteiger partial charge is 0.339 e. The molecule has 5 heteroatoms. The molecule has 0 amide bonds. The molecule has 2 aromatic carbocycles. The van der Waals surface area contributed by atoms with Crippen molar-refractivity contribution >= 4 is 28.0 Å².